The van der Waals surface area contributed by atoms with Crippen LogP contribution in [-0.2, 0) is 4.74 Å². The fourth-order valence-corrected chi connectivity index (χ4v) is 2.09. The summed E-state index contributed by atoms with van der Waals surface area (Å²) < 4.78 is 18.4. The highest BCUT2D eigenvalue weighted by Gasteiger charge is 2.22. The number of hydrogen-bond acceptors (Lipinski definition) is 2. The maximum atomic E-state index is 13.1. The van der Waals surface area contributed by atoms with Gasteiger partial charge in [-0.05, 0) is 24.6 Å². The molecular weight excluding hydrogens is 217 g/mol. The molecule has 0 bridgehead atoms. The Morgan fingerprint density at radius 1 is 1.47 bits per heavy atom. The second kappa shape index (κ2) is 4.37. The third-order valence-corrected chi connectivity index (χ3v) is 2.91. The van der Waals surface area contributed by atoms with Gasteiger partial charge < -0.3 is 9.64 Å². The van der Waals surface area contributed by atoms with Crippen LogP contribution in [0.4, 0.5) is 10.1 Å². The maximum Gasteiger partial charge on any atom is 0.126 e. The van der Waals surface area contributed by atoms with E-state index in [0.29, 0.717) is 5.02 Å². The lowest BCUT2D eigenvalue weighted by Gasteiger charge is -2.18. The van der Waals surface area contributed by atoms with E-state index in [0.717, 1.165) is 25.2 Å². The topological polar surface area (TPSA) is 12.5 Å². The van der Waals surface area contributed by atoms with Crippen molar-refractivity contribution in [1.29, 1.82) is 0 Å². The average molecular weight is 230 g/mol. The second-order valence-electron chi connectivity index (χ2n) is 3.72. The number of methoxy groups -OCH3 is 1. The van der Waals surface area contributed by atoms with Gasteiger partial charge in [-0.3, -0.25) is 0 Å². The molecule has 1 atom stereocenters. The van der Waals surface area contributed by atoms with Gasteiger partial charge in [0.2, 0.25) is 0 Å². The van der Waals surface area contributed by atoms with E-state index in [4.69, 9.17) is 16.3 Å². The van der Waals surface area contributed by atoms with Crippen molar-refractivity contribution in [1.82, 2.24) is 0 Å². The Hall–Kier alpha value is -0.800. The molecule has 82 valence electrons. The average Bonchev–Trinajstić information content (AvgIpc) is 2.64. The predicted molar refractivity (Wildman–Crippen MR) is 59.0 cm³/mol. The van der Waals surface area contributed by atoms with Crippen LogP contribution in [0, 0.1) is 5.82 Å². The van der Waals surface area contributed by atoms with Gasteiger partial charge in [-0.1, -0.05) is 11.6 Å². The largest absolute Gasteiger partial charge is 0.380 e. The maximum absolute atomic E-state index is 13.1. The minimum absolute atomic E-state index is 0.243. The molecule has 0 aliphatic carbocycles. The van der Waals surface area contributed by atoms with Gasteiger partial charge in [0.1, 0.15) is 5.82 Å². The van der Waals surface area contributed by atoms with Crippen molar-refractivity contribution < 1.29 is 9.13 Å². The van der Waals surface area contributed by atoms with Crippen molar-refractivity contribution in [2.75, 3.05) is 25.1 Å². The normalized spacial score (nSPS) is 21.0. The van der Waals surface area contributed by atoms with Crippen LogP contribution in [0.15, 0.2) is 18.2 Å². The van der Waals surface area contributed by atoms with E-state index in [1.54, 1.807) is 13.2 Å². The number of anilines is 1. The van der Waals surface area contributed by atoms with Gasteiger partial charge in [-0.2, -0.15) is 0 Å². The molecule has 1 aliphatic heterocycles. The molecule has 2 nitrogen and oxygen atoms in total. The highest BCUT2D eigenvalue weighted by atomic mass is 35.5. The Bertz CT molecular complexity index is 338. The van der Waals surface area contributed by atoms with E-state index in [2.05, 4.69) is 4.90 Å². The zero-order valence-corrected chi connectivity index (χ0v) is 9.30. The first-order chi connectivity index (χ1) is 7.19. The van der Waals surface area contributed by atoms with E-state index in [1.165, 1.54) is 12.1 Å². The molecule has 1 aliphatic rings. The van der Waals surface area contributed by atoms with Gasteiger partial charge in [-0.15, -0.1) is 0 Å². The Morgan fingerprint density at radius 3 is 2.87 bits per heavy atom. The summed E-state index contributed by atoms with van der Waals surface area (Å²) in [4.78, 5) is 2.09. The summed E-state index contributed by atoms with van der Waals surface area (Å²) in [7, 11) is 1.70. The molecule has 0 N–H and O–H groups in total. The SMILES string of the molecule is COC1CCN(c2cc(F)cc(Cl)c2)C1. The Morgan fingerprint density at radius 2 is 2.27 bits per heavy atom. The molecule has 15 heavy (non-hydrogen) atoms. The van der Waals surface area contributed by atoms with Crippen LogP contribution in [-0.4, -0.2) is 26.3 Å². The molecule has 1 aromatic carbocycles. The summed E-state index contributed by atoms with van der Waals surface area (Å²) in [5, 5.41) is 0.436. The molecule has 0 radical (unpaired) electrons. The molecule has 1 heterocycles. The number of halogens is 2. The lowest BCUT2D eigenvalue weighted by atomic mass is 10.3. The highest BCUT2D eigenvalue weighted by Crippen LogP contribution is 2.25. The van der Waals surface area contributed by atoms with E-state index in [-0.39, 0.29) is 11.9 Å². The van der Waals surface area contributed by atoms with Crippen LogP contribution in [0.25, 0.3) is 0 Å². The van der Waals surface area contributed by atoms with Crippen LogP contribution < -0.4 is 4.90 Å². The fourth-order valence-electron chi connectivity index (χ4n) is 1.88. The monoisotopic (exact) mass is 229 g/mol. The molecule has 2 rings (SSSR count). The van der Waals surface area contributed by atoms with Gasteiger partial charge in [0, 0.05) is 30.9 Å². The van der Waals surface area contributed by atoms with Crippen molar-refractivity contribution >= 4 is 17.3 Å². The van der Waals surface area contributed by atoms with E-state index >= 15 is 0 Å². The quantitative estimate of drug-likeness (QED) is 0.773. The van der Waals surface area contributed by atoms with Crippen LogP contribution in [0.5, 0.6) is 0 Å². The van der Waals surface area contributed by atoms with E-state index in [1.807, 2.05) is 0 Å². The Labute approximate surface area is 93.6 Å². The fraction of sp³-hybridized carbons (Fsp3) is 0.455. The molecule has 0 amide bonds. The van der Waals surface area contributed by atoms with E-state index in [9.17, 15) is 4.39 Å². The third kappa shape index (κ3) is 2.41. The zero-order valence-electron chi connectivity index (χ0n) is 8.54. The van der Waals surface area contributed by atoms with Gasteiger partial charge in [0.05, 0.1) is 6.10 Å². The molecule has 1 saturated heterocycles. The van der Waals surface area contributed by atoms with Gasteiger partial charge in [-0.25, -0.2) is 4.39 Å². The first-order valence-corrected chi connectivity index (χ1v) is 5.30. The van der Waals surface area contributed by atoms with Crippen molar-refractivity contribution in [2.45, 2.75) is 12.5 Å². The molecular formula is C11H13ClFNO. The number of rotatable bonds is 2. The number of benzene rings is 1. The van der Waals surface area contributed by atoms with Crippen LogP contribution in [0.1, 0.15) is 6.42 Å². The first kappa shape index (κ1) is 10.7. The summed E-state index contributed by atoms with van der Waals surface area (Å²) >= 11 is 5.80. The smallest absolute Gasteiger partial charge is 0.126 e. The summed E-state index contributed by atoms with van der Waals surface area (Å²) in [5.41, 5.74) is 0.833. The van der Waals surface area contributed by atoms with Gasteiger partial charge in [0.25, 0.3) is 0 Å². The van der Waals surface area contributed by atoms with Crippen LogP contribution >= 0.6 is 11.6 Å². The Balaban J connectivity index is 2.16. The molecule has 1 unspecified atom stereocenters. The lowest BCUT2D eigenvalue weighted by Crippen LogP contribution is -2.22. The summed E-state index contributed by atoms with van der Waals surface area (Å²) in [6.45, 7) is 1.69. The third-order valence-electron chi connectivity index (χ3n) is 2.69. The second-order valence-corrected chi connectivity index (χ2v) is 4.16. The van der Waals surface area contributed by atoms with E-state index < -0.39 is 0 Å². The minimum atomic E-state index is -0.293. The van der Waals surface area contributed by atoms with Crippen molar-refractivity contribution in [3.8, 4) is 0 Å². The standard InChI is InChI=1S/C11H13ClFNO/c1-15-11-2-3-14(7-11)10-5-8(12)4-9(13)6-10/h4-6,11H,2-3,7H2,1H3. The highest BCUT2D eigenvalue weighted by molar-refractivity contribution is 6.30. The van der Waals surface area contributed by atoms with Crippen molar-refractivity contribution in [3.63, 3.8) is 0 Å². The van der Waals surface area contributed by atoms with Crippen molar-refractivity contribution in [3.05, 3.63) is 29.0 Å². The summed E-state index contributed by atoms with van der Waals surface area (Å²) in [5.74, 6) is -0.293. The van der Waals surface area contributed by atoms with Crippen LogP contribution in [0.3, 0.4) is 0 Å². The summed E-state index contributed by atoms with van der Waals surface area (Å²) in [6.07, 6.45) is 1.22. The number of nitrogens with zero attached hydrogens (tertiary/aromatic N) is 1. The molecule has 0 aromatic heterocycles. The zero-order chi connectivity index (χ0) is 10.8. The molecule has 0 spiro atoms. The van der Waals surface area contributed by atoms with Crippen LogP contribution in [0.2, 0.25) is 5.02 Å². The predicted octanol–water partition coefficient (Wildman–Crippen LogP) is 2.70. The molecule has 1 fully saturated rings. The number of hydrogen-bond donors (Lipinski definition) is 0. The lowest BCUT2D eigenvalue weighted by molar-refractivity contribution is 0.121. The number of ether oxygens (including phenoxy) is 1. The molecule has 4 heteroatoms. The first-order valence-electron chi connectivity index (χ1n) is 4.93. The van der Waals surface area contributed by atoms with Gasteiger partial charge >= 0.3 is 0 Å². The van der Waals surface area contributed by atoms with Crippen molar-refractivity contribution in [2.24, 2.45) is 0 Å². The summed E-state index contributed by atoms with van der Waals surface area (Å²) in [6, 6.07) is 4.60. The minimum Gasteiger partial charge on any atom is -0.380 e. The molecule has 1 aromatic rings. The van der Waals surface area contributed by atoms with Gasteiger partial charge in [0.15, 0.2) is 0 Å². The Kier molecular flexibility index (Phi) is 3.12. The molecule has 0 saturated carbocycles.